The molecular weight excluding hydrogens is 475 g/mol. The predicted molar refractivity (Wildman–Crippen MR) is 129 cm³/mol. The molecule has 35 heavy (non-hydrogen) atoms. The van der Waals surface area contributed by atoms with Crippen LogP contribution in [0.4, 0.5) is 9.18 Å². The second kappa shape index (κ2) is 9.64. The first-order valence-electron chi connectivity index (χ1n) is 11.8. The number of hydrogen-bond donors (Lipinski definition) is 0. The predicted octanol–water partition coefficient (Wildman–Crippen LogP) is 3.89. The average Bonchev–Trinajstić information content (AvgIpc) is 3.09. The summed E-state index contributed by atoms with van der Waals surface area (Å²) in [6.07, 6.45) is 5.40. The van der Waals surface area contributed by atoms with Gasteiger partial charge in [0.1, 0.15) is 24.1 Å². The fourth-order valence-corrected chi connectivity index (χ4v) is 5.40. The summed E-state index contributed by atoms with van der Waals surface area (Å²) in [5.74, 6) is 0.440. The number of sulfone groups is 1. The Balaban J connectivity index is 1.42. The van der Waals surface area contributed by atoms with E-state index in [0.717, 1.165) is 19.1 Å². The Kier molecular flexibility index (Phi) is 6.95. The lowest BCUT2D eigenvalue weighted by Crippen LogP contribution is -2.51. The Morgan fingerprint density at radius 2 is 1.77 bits per heavy atom. The van der Waals surface area contributed by atoms with Crippen LogP contribution in [0.5, 0.6) is 5.75 Å². The van der Waals surface area contributed by atoms with Crippen LogP contribution in [0.15, 0.2) is 52.3 Å². The zero-order chi connectivity index (χ0) is 25.4. The molecular formula is C25H31FN2O6S. The van der Waals surface area contributed by atoms with Gasteiger partial charge in [-0.1, -0.05) is 6.92 Å². The van der Waals surface area contributed by atoms with Crippen LogP contribution in [-0.4, -0.2) is 60.7 Å². The van der Waals surface area contributed by atoms with Crippen LogP contribution in [0.2, 0.25) is 0 Å². The molecule has 2 saturated heterocycles. The van der Waals surface area contributed by atoms with Crippen LogP contribution < -0.4 is 10.3 Å². The van der Waals surface area contributed by atoms with Gasteiger partial charge in [-0.05, 0) is 56.5 Å². The second-order valence-corrected chi connectivity index (χ2v) is 11.7. The maximum atomic E-state index is 13.4. The maximum absolute atomic E-state index is 13.4. The molecule has 2 bridgehead atoms. The quantitative estimate of drug-likeness (QED) is 0.566. The van der Waals surface area contributed by atoms with Gasteiger partial charge in [0.05, 0.1) is 4.90 Å². The van der Waals surface area contributed by atoms with Crippen molar-refractivity contribution in [2.75, 3.05) is 12.9 Å². The summed E-state index contributed by atoms with van der Waals surface area (Å²) < 4.78 is 49.7. The highest BCUT2D eigenvalue weighted by Crippen LogP contribution is 2.38. The third-order valence-corrected chi connectivity index (χ3v) is 8.13. The van der Waals surface area contributed by atoms with Crippen molar-refractivity contribution < 1.29 is 27.1 Å². The van der Waals surface area contributed by atoms with E-state index in [-0.39, 0.29) is 28.6 Å². The van der Waals surface area contributed by atoms with Gasteiger partial charge in [0.15, 0.2) is 9.84 Å². The summed E-state index contributed by atoms with van der Waals surface area (Å²) in [6.45, 7) is 2.67. The number of halogens is 1. The maximum Gasteiger partial charge on any atom is 0.410 e. The van der Waals surface area contributed by atoms with Crippen molar-refractivity contribution in [2.24, 2.45) is 0 Å². The highest BCUT2D eigenvalue weighted by atomic mass is 32.2. The summed E-state index contributed by atoms with van der Waals surface area (Å²) in [5, 5.41) is 0. The van der Waals surface area contributed by atoms with E-state index in [9.17, 15) is 22.4 Å². The van der Waals surface area contributed by atoms with Crippen LogP contribution in [0, 0.1) is 0 Å². The number of benzene rings is 1. The minimum Gasteiger partial charge on any atom is -0.490 e. The third kappa shape index (κ3) is 5.37. The van der Waals surface area contributed by atoms with Gasteiger partial charge in [0.25, 0.3) is 5.56 Å². The molecule has 0 saturated carbocycles. The normalized spacial score (nSPS) is 23.5. The molecule has 1 amide bonds. The lowest BCUT2D eigenvalue weighted by molar-refractivity contribution is -0.0348. The summed E-state index contributed by atoms with van der Waals surface area (Å²) in [7, 11) is -3.32. The third-order valence-electron chi connectivity index (χ3n) is 7.00. The molecule has 8 nitrogen and oxygen atoms in total. The number of fused-ring (bicyclic) bond motifs is 2. The van der Waals surface area contributed by atoms with E-state index in [1.165, 1.54) is 22.8 Å². The van der Waals surface area contributed by atoms with Crippen molar-refractivity contribution in [2.45, 2.75) is 74.6 Å². The molecule has 3 heterocycles. The van der Waals surface area contributed by atoms with Crippen LogP contribution in [0.3, 0.4) is 0 Å². The topological polar surface area (TPSA) is 94.9 Å². The number of nitrogens with zero attached hydrogens (tertiary/aromatic N) is 2. The van der Waals surface area contributed by atoms with Crippen LogP contribution in [0.1, 0.15) is 46.0 Å². The summed E-state index contributed by atoms with van der Waals surface area (Å²) in [5.41, 5.74) is -0.867. The van der Waals surface area contributed by atoms with E-state index in [0.29, 0.717) is 30.7 Å². The Labute approximate surface area is 204 Å². The minimum absolute atomic E-state index is 0.0410. The highest BCUT2D eigenvalue weighted by Gasteiger charge is 2.46. The smallest absolute Gasteiger partial charge is 0.410 e. The van der Waals surface area contributed by atoms with E-state index in [1.807, 2.05) is 0 Å². The van der Waals surface area contributed by atoms with Gasteiger partial charge in [-0.2, -0.15) is 0 Å². The molecule has 190 valence electrons. The molecule has 2 fully saturated rings. The largest absolute Gasteiger partial charge is 0.490 e. The van der Waals surface area contributed by atoms with Gasteiger partial charge in [-0.3, -0.25) is 9.36 Å². The molecule has 0 N–H and O–H groups in total. The monoisotopic (exact) mass is 506 g/mol. The summed E-state index contributed by atoms with van der Waals surface area (Å²) in [6, 6.07) is 9.11. The van der Waals surface area contributed by atoms with Gasteiger partial charge in [0, 0.05) is 49.1 Å². The van der Waals surface area contributed by atoms with Crippen molar-refractivity contribution in [1.82, 2.24) is 9.47 Å². The zero-order valence-corrected chi connectivity index (χ0v) is 21.0. The van der Waals surface area contributed by atoms with Crippen LogP contribution >= 0.6 is 0 Å². The minimum atomic E-state index is -3.32. The fourth-order valence-electron chi connectivity index (χ4n) is 4.77. The van der Waals surface area contributed by atoms with Crippen molar-refractivity contribution in [3.8, 4) is 11.4 Å². The first-order chi connectivity index (χ1) is 16.5. The zero-order valence-electron chi connectivity index (χ0n) is 20.1. The Morgan fingerprint density at radius 3 is 2.29 bits per heavy atom. The van der Waals surface area contributed by atoms with Crippen molar-refractivity contribution >= 4 is 15.9 Å². The molecule has 10 heteroatoms. The van der Waals surface area contributed by atoms with Crippen LogP contribution in [-0.2, 0) is 14.6 Å². The van der Waals surface area contributed by atoms with Gasteiger partial charge >= 0.3 is 6.09 Å². The second-order valence-electron chi connectivity index (χ2n) is 9.65. The van der Waals surface area contributed by atoms with Crippen molar-refractivity contribution in [3.63, 3.8) is 0 Å². The number of aromatic nitrogens is 1. The fraction of sp³-hybridized carbons (Fsp3) is 0.520. The SMILES string of the molecule is CCC(C)(CF)OC(=O)N1[C@@H]2CC[C@@H]1CC(Oc1ccn(-c3ccc(S(C)(=O)=O)cc3)c(=O)c1)C2. The number of alkyl halides is 1. The highest BCUT2D eigenvalue weighted by molar-refractivity contribution is 7.90. The molecule has 0 radical (unpaired) electrons. The lowest BCUT2D eigenvalue weighted by atomic mass is 10.00. The van der Waals surface area contributed by atoms with Crippen molar-refractivity contribution in [1.29, 1.82) is 0 Å². The molecule has 2 aliphatic heterocycles. The first-order valence-corrected chi connectivity index (χ1v) is 13.7. The van der Waals surface area contributed by atoms with E-state index in [1.54, 1.807) is 43.1 Å². The molecule has 0 spiro atoms. The van der Waals surface area contributed by atoms with Crippen LogP contribution in [0.25, 0.3) is 5.69 Å². The van der Waals surface area contributed by atoms with E-state index >= 15 is 0 Å². The van der Waals surface area contributed by atoms with Crippen molar-refractivity contribution in [3.05, 3.63) is 52.9 Å². The Bertz CT molecular complexity index is 1230. The number of ether oxygens (including phenoxy) is 2. The number of piperidine rings is 1. The molecule has 1 aromatic heterocycles. The number of amides is 1. The van der Waals surface area contributed by atoms with Gasteiger partial charge < -0.3 is 14.4 Å². The average molecular weight is 507 g/mol. The number of rotatable bonds is 7. The Morgan fingerprint density at radius 1 is 1.14 bits per heavy atom. The molecule has 2 aromatic rings. The molecule has 3 atom stereocenters. The standard InChI is InChI=1S/C25H31FN2O6S/c1-4-25(2,16-26)34-24(30)28-18-5-6-19(28)14-21(13-18)33-20-11-12-27(23(29)15-20)17-7-9-22(10-8-17)35(3,31)32/h7-12,15,18-19,21H,4-6,13-14,16H2,1-3H3/t18-,19-,25?/m1/s1. The van der Waals surface area contributed by atoms with E-state index in [4.69, 9.17) is 9.47 Å². The Hall–Kier alpha value is -2.88. The first kappa shape index (κ1) is 25.2. The number of pyridine rings is 1. The molecule has 1 unspecified atom stereocenters. The summed E-state index contributed by atoms with van der Waals surface area (Å²) in [4.78, 5) is 27.4. The summed E-state index contributed by atoms with van der Waals surface area (Å²) >= 11 is 0. The van der Waals surface area contributed by atoms with Gasteiger partial charge in [-0.25, -0.2) is 17.6 Å². The lowest BCUT2D eigenvalue weighted by Gasteiger charge is -2.39. The molecule has 4 rings (SSSR count). The molecule has 2 aliphatic rings. The number of carbonyl (C=O) groups excluding carboxylic acids is 1. The molecule has 0 aliphatic carbocycles. The molecule has 1 aromatic carbocycles. The van der Waals surface area contributed by atoms with E-state index < -0.39 is 28.2 Å². The van der Waals surface area contributed by atoms with Gasteiger partial charge in [-0.15, -0.1) is 0 Å². The number of hydrogen-bond acceptors (Lipinski definition) is 6. The number of carbonyl (C=O) groups is 1. The van der Waals surface area contributed by atoms with E-state index in [2.05, 4.69) is 0 Å². The van der Waals surface area contributed by atoms with Gasteiger partial charge in [0.2, 0.25) is 0 Å².